The maximum Gasteiger partial charge on any atom is 0.0494 e. The standard InChI is InChI=1S/C16H18ClN/c1-13-7-9-14(10-8-13)12-18(2)16-6-4-3-5-15(16)11-17/h3-10H,11-12H2,1-2H3. The van der Waals surface area contributed by atoms with Crippen molar-refractivity contribution in [3.8, 4) is 0 Å². The Bertz CT molecular complexity index is 505. The molecule has 0 aliphatic rings. The summed E-state index contributed by atoms with van der Waals surface area (Å²) in [6.07, 6.45) is 0. The number of hydrogen-bond donors (Lipinski definition) is 0. The lowest BCUT2D eigenvalue weighted by atomic mass is 10.1. The van der Waals surface area contributed by atoms with Gasteiger partial charge in [0, 0.05) is 25.2 Å². The highest BCUT2D eigenvalue weighted by atomic mass is 35.5. The summed E-state index contributed by atoms with van der Waals surface area (Å²) in [4.78, 5) is 2.24. The fourth-order valence-electron chi connectivity index (χ4n) is 2.05. The molecule has 2 aromatic carbocycles. The number of para-hydroxylation sites is 1. The van der Waals surface area contributed by atoms with Crippen LogP contribution in [0.3, 0.4) is 0 Å². The molecule has 0 aliphatic heterocycles. The van der Waals surface area contributed by atoms with Crippen molar-refractivity contribution in [2.24, 2.45) is 0 Å². The Kier molecular flexibility index (Phi) is 4.27. The third-order valence-electron chi connectivity index (χ3n) is 3.09. The Labute approximate surface area is 114 Å². The Hall–Kier alpha value is -1.47. The van der Waals surface area contributed by atoms with Crippen LogP contribution >= 0.6 is 11.6 Å². The van der Waals surface area contributed by atoms with Crippen molar-refractivity contribution in [2.75, 3.05) is 11.9 Å². The predicted octanol–water partition coefficient (Wildman–Crippen LogP) is 4.37. The minimum atomic E-state index is 0.550. The fraction of sp³-hybridized carbons (Fsp3) is 0.250. The number of anilines is 1. The van der Waals surface area contributed by atoms with E-state index in [0.29, 0.717) is 5.88 Å². The molecule has 2 heteroatoms. The van der Waals surface area contributed by atoms with Crippen molar-refractivity contribution in [1.82, 2.24) is 0 Å². The van der Waals surface area contributed by atoms with E-state index in [4.69, 9.17) is 11.6 Å². The van der Waals surface area contributed by atoms with Gasteiger partial charge in [0.15, 0.2) is 0 Å². The van der Waals surface area contributed by atoms with Crippen molar-refractivity contribution in [3.63, 3.8) is 0 Å². The van der Waals surface area contributed by atoms with Crippen molar-refractivity contribution >= 4 is 17.3 Å². The number of halogens is 1. The summed E-state index contributed by atoms with van der Waals surface area (Å²) in [7, 11) is 2.10. The molecule has 0 radical (unpaired) electrons. The summed E-state index contributed by atoms with van der Waals surface area (Å²) in [6.45, 7) is 3.00. The van der Waals surface area contributed by atoms with Crippen LogP contribution in [0.2, 0.25) is 0 Å². The summed E-state index contributed by atoms with van der Waals surface area (Å²) in [5.74, 6) is 0.550. The van der Waals surface area contributed by atoms with Crippen LogP contribution in [0.25, 0.3) is 0 Å². The molecule has 0 atom stereocenters. The second-order valence-electron chi connectivity index (χ2n) is 4.60. The summed E-state index contributed by atoms with van der Waals surface area (Å²) < 4.78 is 0. The molecule has 0 spiro atoms. The van der Waals surface area contributed by atoms with Gasteiger partial charge in [-0.25, -0.2) is 0 Å². The van der Waals surface area contributed by atoms with E-state index < -0.39 is 0 Å². The van der Waals surface area contributed by atoms with E-state index >= 15 is 0 Å². The van der Waals surface area contributed by atoms with E-state index in [1.54, 1.807) is 0 Å². The number of aryl methyl sites for hydroxylation is 1. The Morgan fingerprint density at radius 2 is 1.67 bits per heavy atom. The first kappa shape index (κ1) is 13.0. The van der Waals surface area contributed by atoms with E-state index in [-0.39, 0.29) is 0 Å². The molecule has 0 N–H and O–H groups in total. The summed E-state index contributed by atoms with van der Waals surface area (Å²) in [5.41, 5.74) is 4.98. The van der Waals surface area contributed by atoms with Gasteiger partial charge < -0.3 is 4.90 Å². The highest BCUT2D eigenvalue weighted by molar-refractivity contribution is 6.17. The lowest BCUT2D eigenvalue weighted by Crippen LogP contribution is -2.17. The predicted molar refractivity (Wildman–Crippen MR) is 79.3 cm³/mol. The van der Waals surface area contributed by atoms with Gasteiger partial charge in [0.25, 0.3) is 0 Å². The van der Waals surface area contributed by atoms with Crippen LogP contribution in [0.4, 0.5) is 5.69 Å². The van der Waals surface area contributed by atoms with Crippen LogP contribution in [0.15, 0.2) is 48.5 Å². The lowest BCUT2D eigenvalue weighted by molar-refractivity contribution is 0.915. The molecule has 0 unspecified atom stereocenters. The number of hydrogen-bond acceptors (Lipinski definition) is 1. The van der Waals surface area contributed by atoms with Gasteiger partial charge in [0.1, 0.15) is 0 Å². The first-order chi connectivity index (χ1) is 8.70. The highest BCUT2D eigenvalue weighted by Crippen LogP contribution is 2.22. The van der Waals surface area contributed by atoms with E-state index in [0.717, 1.165) is 6.54 Å². The van der Waals surface area contributed by atoms with Gasteiger partial charge in [-0.1, -0.05) is 48.0 Å². The summed E-state index contributed by atoms with van der Waals surface area (Å²) in [6, 6.07) is 16.9. The maximum absolute atomic E-state index is 5.97. The number of alkyl halides is 1. The van der Waals surface area contributed by atoms with Crippen LogP contribution in [0.5, 0.6) is 0 Å². The SMILES string of the molecule is Cc1ccc(CN(C)c2ccccc2CCl)cc1. The van der Waals surface area contributed by atoms with Gasteiger partial charge in [0.2, 0.25) is 0 Å². The molecule has 0 saturated heterocycles. The van der Waals surface area contributed by atoms with Gasteiger partial charge >= 0.3 is 0 Å². The molecule has 1 nitrogen and oxygen atoms in total. The molecule has 94 valence electrons. The molecular weight excluding hydrogens is 242 g/mol. The Morgan fingerprint density at radius 1 is 1.00 bits per heavy atom. The van der Waals surface area contributed by atoms with Crippen LogP contribution < -0.4 is 4.90 Å². The Morgan fingerprint density at radius 3 is 2.33 bits per heavy atom. The molecule has 0 fully saturated rings. The van der Waals surface area contributed by atoms with Crippen LogP contribution in [0.1, 0.15) is 16.7 Å². The normalized spacial score (nSPS) is 10.4. The number of nitrogens with zero attached hydrogens (tertiary/aromatic N) is 1. The first-order valence-corrected chi connectivity index (χ1v) is 6.64. The van der Waals surface area contributed by atoms with Crippen molar-refractivity contribution in [2.45, 2.75) is 19.3 Å². The third kappa shape index (κ3) is 3.05. The quantitative estimate of drug-likeness (QED) is 0.737. The van der Waals surface area contributed by atoms with Crippen LogP contribution in [-0.2, 0) is 12.4 Å². The van der Waals surface area contributed by atoms with Crippen LogP contribution in [0, 0.1) is 6.92 Å². The summed E-state index contributed by atoms with van der Waals surface area (Å²) in [5, 5.41) is 0. The molecule has 18 heavy (non-hydrogen) atoms. The van der Waals surface area contributed by atoms with E-state index in [1.165, 1.54) is 22.4 Å². The third-order valence-corrected chi connectivity index (χ3v) is 3.38. The summed E-state index contributed by atoms with van der Waals surface area (Å²) >= 11 is 5.97. The molecule has 0 aromatic heterocycles. The largest absolute Gasteiger partial charge is 0.370 e. The topological polar surface area (TPSA) is 3.24 Å². The molecule has 0 bridgehead atoms. The zero-order valence-electron chi connectivity index (χ0n) is 10.9. The van der Waals surface area contributed by atoms with Crippen molar-refractivity contribution in [3.05, 3.63) is 65.2 Å². The molecular formula is C16H18ClN. The monoisotopic (exact) mass is 259 g/mol. The first-order valence-electron chi connectivity index (χ1n) is 6.11. The fourth-order valence-corrected chi connectivity index (χ4v) is 2.27. The van der Waals surface area contributed by atoms with Gasteiger partial charge in [-0.15, -0.1) is 11.6 Å². The molecule has 0 saturated carbocycles. The van der Waals surface area contributed by atoms with Gasteiger partial charge in [-0.05, 0) is 24.1 Å². The number of benzene rings is 2. The molecule has 2 rings (SSSR count). The average molecular weight is 260 g/mol. The molecule has 0 amide bonds. The van der Waals surface area contributed by atoms with E-state index in [2.05, 4.69) is 61.3 Å². The molecule has 0 aliphatic carbocycles. The minimum absolute atomic E-state index is 0.550. The van der Waals surface area contributed by atoms with Gasteiger partial charge in [-0.2, -0.15) is 0 Å². The highest BCUT2D eigenvalue weighted by Gasteiger charge is 2.06. The molecule has 2 aromatic rings. The second-order valence-corrected chi connectivity index (χ2v) is 4.87. The smallest absolute Gasteiger partial charge is 0.0494 e. The average Bonchev–Trinajstić information content (AvgIpc) is 2.41. The van der Waals surface area contributed by atoms with Gasteiger partial charge in [0.05, 0.1) is 0 Å². The van der Waals surface area contributed by atoms with E-state index in [1.807, 2.05) is 6.07 Å². The van der Waals surface area contributed by atoms with Gasteiger partial charge in [-0.3, -0.25) is 0 Å². The second kappa shape index (κ2) is 5.92. The molecule has 0 heterocycles. The van der Waals surface area contributed by atoms with Crippen LogP contribution in [-0.4, -0.2) is 7.05 Å². The maximum atomic E-state index is 5.97. The van der Waals surface area contributed by atoms with Crippen molar-refractivity contribution in [1.29, 1.82) is 0 Å². The number of rotatable bonds is 4. The van der Waals surface area contributed by atoms with E-state index in [9.17, 15) is 0 Å². The lowest BCUT2D eigenvalue weighted by Gasteiger charge is -2.22. The minimum Gasteiger partial charge on any atom is -0.370 e. The zero-order valence-corrected chi connectivity index (χ0v) is 11.6. The zero-order chi connectivity index (χ0) is 13.0. The van der Waals surface area contributed by atoms with Crippen molar-refractivity contribution < 1.29 is 0 Å². The Balaban J connectivity index is 2.16.